The number of pyridine rings is 1. The predicted molar refractivity (Wildman–Crippen MR) is 128 cm³/mol. The number of hydrogen-bond donors (Lipinski definition) is 1. The molecular formula is C26H36N4O2. The minimum atomic E-state index is -0.361. The topological polar surface area (TPSA) is 57.7 Å². The lowest BCUT2D eigenvalue weighted by Crippen LogP contribution is -2.47. The molecule has 1 aromatic carbocycles. The number of ether oxygens (including phenoxy) is 1. The first kappa shape index (κ1) is 22.6. The van der Waals surface area contributed by atoms with Crippen LogP contribution in [-0.2, 0) is 11.8 Å². The number of carbonyl (C=O) groups excluding carboxylic acids is 1. The maximum atomic E-state index is 12.2. The number of benzene rings is 1. The molecule has 32 heavy (non-hydrogen) atoms. The zero-order valence-electron chi connectivity index (χ0n) is 19.6. The summed E-state index contributed by atoms with van der Waals surface area (Å²) in [4.78, 5) is 21.3. The van der Waals surface area contributed by atoms with Crippen molar-refractivity contribution in [3.8, 4) is 5.75 Å². The lowest BCUT2D eigenvalue weighted by molar-refractivity contribution is 0.200. The second-order valence-electron chi connectivity index (χ2n) is 9.35. The molecule has 0 saturated carbocycles. The van der Waals surface area contributed by atoms with Gasteiger partial charge in [-0.2, -0.15) is 0 Å². The molecule has 1 aromatic heterocycles. The fourth-order valence-corrected chi connectivity index (χ4v) is 5.39. The second kappa shape index (κ2) is 9.90. The Labute approximate surface area is 192 Å². The quantitative estimate of drug-likeness (QED) is 0.576. The number of likely N-dealkylation sites (tertiary alicyclic amines) is 1. The number of amides is 1. The molecule has 0 aliphatic carbocycles. The average Bonchev–Trinajstić information content (AvgIpc) is 3.24. The van der Waals surface area contributed by atoms with Crippen molar-refractivity contribution in [1.29, 1.82) is 0 Å². The van der Waals surface area contributed by atoms with Crippen LogP contribution in [0.25, 0.3) is 0 Å². The summed E-state index contributed by atoms with van der Waals surface area (Å²) in [6.07, 6.45) is 10.3. The van der Waals surface area contributed by atoms with E-state index in [1.54, 1.807) is 0 Å². The molecule has 1 amide bonds. The van der Waals surface area contributed by atoms with Gasteiger partial charge in [-0.25, -0.2) is 4.79 Å². The van der Waals surface area contributed by atoms with Gasteiger partial charge in [0.15, 0.2) is 0 Å². The lowest BCUT2D eigenvalue weighted by atomic mass is 9.81. The molecule has 0 radical (unpaired) electrons. The van der Waals surface area contributed by atoms with Crippen molar-refractivity contribution in [3.63, 3.8) is 0 Å². The van der Waals surface area contributed by atoms with Gasteiger partial charge >= 0.3 is 6.09 Å². The predicted octanol–water partition coefficient (Wildman–Crippen LogP) is 4.73. The highest BCUT2D eigenvalue weighted by atomic mass is 16.6. The van der Waals surface area contributed by atoms with E-state index in [0.717, 1.165) is 38.8 Å². The van der Waals surface area contributed by atoms with Gasteiger partial charge in [-0.15, -0.1) is 0 Å². The molecule has 2 aromatic rings. The van der Waals surface area contributed by atoms with Gasteiger partial charge in [-0.3, -0.25) is 9.88 Å². The number of carbonyl (C=O) groups is 1. The summed E-state index contributed by atoms with van der Waals surface area (Å²) in [5.41, 5.74) is 3.87. The van der Waals surface area contributed by atoms with Crippen molar-refractivity contribution >= 4 is 11.8 Å². The molecule has 0 bridgehead atoms. The average molecular weight is 437 g/mol. The summed E-state index contributed by atoms with van der Waals surface area (Å²) in [5.74, 6) is 0.625. The SMILES string of the molecule is CCCCCCNC(=O)Oc1ccc2c(c1)[C@]1(C)CCN(CCc3ccncc3)C1N2C. The minimum Gasteiger partial charge on any atom is -0.410 e. The number of hydrogen-bond acceptors (Lipinski definition) is 5. The van der Waals surface area contributed by atoms with Crippen LogP contribution in [0.5, 0.6) is 5.75 Å². The van der Waals surface area contributed by atoms with Crippen molar-refractivity contribution in [2.75, 3.05) is 31.6 Å². The Morgan fingerprint density at radius 2 is 2.03 bits per heavy atom. The standard InChI is InChI=1S/C26H36N4O2/c1-4-5-6-7-14-28-25(31)32-21-8-9-23-22(19-21)26(2)13-18-30(24(26)29(23)3)17-12-20-10-15-27-16-11-20/h8-11,15-16,19,24H,4-7,12-14,17-18H2,1-3H3,(H,28,31)/t24?,26-/m0/s1. The molecule has 4 rings (SSSR count). The normalized spacial score (nSPS) is 22.0. The first-order valence-corrected chi connectivity index (χ1v) is 12.0. The molecule has 3 heterocycles. The molecular weight excluding hydrogens is 400 g/mol. The van der Waals surface area contributed by atoms with Crippen molar-refractivity contribution in [3.05, 3.63) is 53.9 Å². The monoisotopic (exact) mass is 436 g/mol. The van der Waals surface area contributed by atoms with Gasteiger partial charge in [-0.1, -0.05) is 33.1 Å². The van der Waals surface area contributed by atoms with E-state index in [4.69, 9.17) is 4.74 Å². The van der Waals surface area contributed by atoms with Gasteiger partial charge in [0.2, 0.25) is 0 Å². The molecule has 1 saturated heterocycles. The molecule has 1 fully saturated rings. The van der Waals surface area contributed by atoms with Crippen molar-refractivity contribution in [2.45, 2.75) is 64.0 Å². The molecule has 2 atom stereocenters. The molecule has 1 unspecified atom stereocenters. The Morgan fingerprint density at radius 1 is 1.22 bits per heavy atom. The Kier molecular flexibility index (Phi) is 6.99. The Bertz CT molecular complexity index is 919. The van der Waals surface area contributed by atoms with E-state index >= 15 is 0 Å². The summed E-state index contributed by atoms with van der Waals surface area (Å²) in [7, 11) is 2.18. The van der Waals surface area contributed by atoms with Crippen molar-refractivity contribution in [2.24, 2.45) is 0 Å². The van der Waals surface area contributed by atoms with Gasteiger partial charge in [0.05, 0.1) is 6.17 Å². The molecule has 1 N–H and O–H groups in total. The molecule has 2 aliphatic heterocycles. The number of aromatic nitrogens is 1. The molecule has 172 valence electrons. The van der Waals surface area contributed by atoms with Crippen LogP contribution in [-0.4, -0.2) is 48.8 Å². The van der Waals surface area contributed by atoms with E-state index < -0.39 is 0 Å². The third-order valence-corrected chi connectivity index (χ3v) is 7.11. The second-order valence-corrected chi connectivity index (χ2v) is 9.35. The van der Waals surface area contributed by atoms with Gasteiger partial charge in [-0.05, 0) is 60.7 Å². The fourth-order valence-electron chi connectivity index (χ4n) is 5.39. The summed E-state index contributed by atoms with van der Waals surface area (Å²) < 4.78 is 5.62. The Balaban J connectivity index is 1.40. The van der Waals surface area contributed by atoms with E-state index in [-0.39, 0.29) is 11.5 Å². The van der Waals surface area contributed by atoms with Gasteiger partial charge in [0.25, 0.3) is 0 Å². The van der Waals surface area contributed by atoms with E-state index in [1.807, 2.05) is 18.5 Å². The van der Waals surface area contributed by atoms with Crippen LogP contribution in [0.2, 0.25) is 0 Å². The Morgan fingerprint density at radius 3 is 2.81 bits per heavy atom. The number of likely N-dealkylation sites (N-methyl/N-ethyl adjacent to an activating group) is 1. The number of rotatable bonds is 9. The first-order chi connectivity index (χ1) is 15.5. The van der Waals surface area contributed by atoms with Crippen LogP contribution in [0.15, 0.2) is 42.7 Å². The number of nitrogens with zero attached hydrogens (tertiary/aromatic N) is 3. The smallest absolute Gasteiger partial charge is 0.410 e. The van der Waals surface area contributed by atoms with E-state index in [9.17, 15) is 4.79 Å². The molecule has 2 aliphatic rings. The van der Waals surface area contributed by atoms with Crippen molar-refractivity contribution < 1.29 is 9.53 Å². The maximum Gasteiger partial charge on any atom is 0.412 e. The molecule has 0 spiro atoms. The van der Waals surface area contributed by atoms with E-state index in [2.05, 4.69) is 65.3 Å². The van der Waals surface area contributed by atoms with Crippen LogP contribution >= 0.6 is 0 Å². The van der Waals surface area contributed by atoms with Crippen LogP contribution < -0.4 is 15.0 Å². The first-order valence-electron chi connectivity index (χ1n) is 12.0. The maximum absolute atomic E-state index is 12.2. The van der Waals surface area contributed by atoms with Crippen molar-refractivity contribution in [1.82, 2.24) is 15.2 Å². The van der Waals surface area contributed by atoms with Gasteiger partial charge in [0.1, 0.15) is 5.75 Å². The van der Waals surface area contributed by atoms with E-state index in [1.165, 1.54) is 29.7 Å². The minimum absolute atomic E-state index is 0.0261. The number of fused-ring (bicyclic) bond motifs is 3. The summed E-state index contributed by atoms with van der Waals surface area (Å²) in [5, 5.41) is 2.88. The van der Waals surface area contributed by atoms with Gasteiger partial charge < -0.3 is 15.0 Å². The zero-order chi connectivity index (χ0) is 22.6. The Hall–Kier alpha value is -2.60. The van der Waals surface area contributed by atoms with Crippen LogP contribution in [0.4, 0.5) is 10.5 Å². The highest BCUT2D eigenvalue weighted by molar-refractivity contribution is 5.72. The largest absolute Gasteiger partial charge is 0.412 e. The van der Waals surface area contributed by atoms with E-state index in [0.29, 0.717) is 18.5 Å². The third-order valence-electron chi connectivity index (χ3n) is 7.11. The highest BCUT2D eigenvalue weighted by Crippen LogP contribution is 2.52. The van der Waals surface area contributed by atoms with Gasteiger partial charge in [0, 0.05) is 50.2 Å². The fraction of sp³-hybridized carbons (Fsp3) is 0.538. The molecule has 6 nitrogen and oxygen atoms in total. The number of nitrogens with one attached hydrogen (secondary N) is 1. The zero-order valence-corrected chi connectivity index (χ0v) is 19.6. The summed E-state index contributed by atoms with van der Waals surface area (Å²) in [6, 6.07) is 10.3. The number of unbranched alkanes of at least 4 members (excludes halogenated alkanes) is 3. The number of anilines is 1. The van der Waals surface area contributed by atoms with Crippen LogP contribution in [0.3, 0.4) is 0 Å². The lowest BCUT2D eigenvalue weighted by Gasteiger charge is -2.34. The third kappa shape index (κ3) is 4.60. The summed E-state index contributed by atoms with van der Waals surface area (Å²) >= 11 is 0. The van der Waals surface area contributed by atoms with Crippen LogP contribution in [0, 0.1) is 0 Å². The summed E-state index contributed by atoms with van der Waals surface area (Å²) in [6.45, 7) is 7.29. The highest BCUT2D eigenvalue weighted by Gasteiger charge is 2.53. The molecule has 6 heteroatoms. The van der Waals surface area contributed by atoms with Crippen LogP contribution in [0.1, 0.15) is 57.1 Å².